The summed E-state index contributed by atoms with van der Waals surface area (Å²) >= 11 is 1.48. The highest BCUT2D eigenvalue weighted by atomic mass is 32.2. The third-order valence-electron chi connectivity index (χ3n) is 3.52. The van der Waals surface area contributed by atoms with Crippen LogP contribution < -0.4 is 14.9 Å². The molecule has 0 atom stereocenters. The van der Waals surface area contributed by atoms with Crippen LogP contribution in [0, 0.1) is 6.92 Å². The molecule has 0 aromatic heterocycles. The van der Waals surface area contributed by atoms with E-state index < -0.39 is 0 Å². The second kappa shape index (κ2) is 11.3. The third kappa shape index (κ3) is 7.35. The smallest absolute Gasteiger partial charge is 0.250 e. The molecule has 144 valence electrons. The minimum absolute atomic E-state index is 0.148. The Labute approximate surface area is 165 Å². The fraction of sp³-hybridized carbons (Fsp3) is 0.333. The van der Waals surface area contributed by atoms with Crippen LogP contribution in [0.15, 0.2) is 52.5 Å². The average molecular weight is 387 g/mol. The maximum Gasteiger partial charge on any atom is 0.250 e. The van der Waals surface area contributed by atoms with Crippen LogP contribution in [0.4, 0.5) is 0 Å². The SMILES string of the molecule is CCCOc1ccc(/C=N/NC(=O)CSc2ccc(C)cc2)cc1OCC. The Kier molecular flexibility index (Phi) is 8.71. The molecule has 0 heterocycles. The molecule has 2 rings (SSSR count). The van der Waals surface area contributed by atoms with Crippen LogP contribution in [0.5, 0.6) is 11.5 Å². The van der Waals surface area contributed by atoms with Crippen molar-refractivity contribution in [2.45, 2.75) is 32.1 Å². The second-order valence-corrected chi connectivity index (χ2v) is 6.93. The van der Waals surface area contributed by atoms with Crippen LogP contribution in [-0.2, 0) is 4.79 Å². The van der Waals surface area contributed by atoms with Crippen molar-refractivity contribution in [2.75, 3.05) is 19.0 Å². The van der Waals surface area contributed by atoms with Crippen molar-refractivity contribution in [3.05, 3.63) is 53.6 Å². The Bertz CT molecular complexity index is 761. The quantitative estimate of drug-likeness (QED) is 0.373. The number of benzene rings is 2. The summed E-state index contributed by atoms with van der Waals surface area (Å²) in [5, 5.41) is 4.03. The zero-order valence-electron chi connectivity index (χ0n) is 16.0. The van der Waals surface area contributed by atoms with Crippen LogP contribution in [-0.4, -0.2) is 31.1 Å². The normalized spacial score (nSPS) is 10.8. The summed E-state index contributed by atoms with van der Waals surface area (Å²) in [6, 6.07) is 13.7. The van der Waals surface area contributed by atoms with Gasteiger partial charge < -0.3 is 9.47 Å². The minimum Gasteiger partial charge on any atom is -0.490 e. The van der Waals surface area contributed by atoms with Gasteiger partial charge in [-0.1, -0.05) is 24.6 Å². The zero-order chi connectivity index (χ0) is 19.5. The number of carbonyl (C=O) groups excluding carboxylic acids is 1. The molecule has 1 amide bonds. The first-order valence-corrected chi connectivity index (χ1v) is 10.0. The highest BCUT2D eigenvalue weighted by Gasteiger charge is 2.06. The fourth-order valence-corrected chi connectivity index (χ4v) is 2.89. The molecule has 0 saturated heterocycles. The molecule has 27 heavy (non-hydrogen) atoms. The van der Waals surface area contributed by atoms with Crippen LogP contribution in [0.25, 0.3) is 0 Å². The lowest BCUT2D eigenvalue weighted by molar-refractivity contribution is -0.118. The van der Waals surface area contributed by atoms with Gasteiger partial charge in [-0.3, -0.25) is 4.79 Å². The molecule has 1 N–H and O–H groups in total. The van der Waals surface area contributed by atoms with E-state index in [4.69, 9.17) is 9.47 Å². The Balaban J connectivity index is 1.87. The maximum absolute atomic E-state index is 11.9. The van der Waals surface area contributed by atoms with Gasteiger partial charge in [0.1, 0.15) is 0 Å². The lowest BCUT2D eigenvalue weighted by atomic mass is 10.2. The highest BCUT2D eigenvalue weighted by molar-refractivity contribution is 8.00. The molecule has 2 aromatic carbocycles. The molecule has 6 heteroatoms. The first-order chi connectivity index (χ1) is 13.1. The largest absolute Gasteiger partial charge is 0.490 e. The molecule has 0 fully saturated rings. The second-order valence-electron chi connectivity index (χ2n) is 5.88. The number of hydrogen-bond acceptors (Lipinski definition) is 5. The summed E-state index contributed by atoms with van der Waals surface area (Å²) in [6.07, 6.45) is 2.53. The van der Waals surface area contributed by atoms with E-state index in [2.05, 4.69) is 17.5 Å². The molecule has 0 aliphatic carbocycles. The van der Waals surface area contributed by atoms with Gasteiger partial charge >= 0.3 is 0 Å². The van der Waals surface area contributed by atoms with Gasteiger partial charge in [0.25, 0.3) is 0 Å². The number of nitrogens with one attached hydrogen (secondary N) is 1. The summed E-state index contributed by atoms with van der Waals surface area (Å²) in [5.74, 6) is 1.56. The van der Waals surface area contributed by atoms with E-state index in [-0.39, 0.29) is 5.91 Å². The molecule has 0 aliphatic rings. The van der Waals surface area contributed by atoms with E-state index in [0.717, 1.165) is 22.6 Å². The summed E-state index contributed by atoms with van der Waals surface area (Å²) in [5.41, 5.74) is 4.58. The van der Waals surface area contributed by atoms with Crippen molar-refractivity contribution in [1.82, 2.24) is 5.43 Å². The van der Waals surface area contributed by atoms with E-state index in [1.54, 1.807) is 6.21 Å². The molecular formula is C21H26N2O3S. The highest BCUT2D eigenvalue weighted by Crippen LogP contribution is 2.28. The number of ether oxygens (including phenoxy) is 2. The molecule has 0 bridgehead atoms. The molecule has 0 spiro atoms. The van der Waals surface area contributed by atoms with Gasteiger partial charge in [0, 0.05) is 4.90 Å². The van der Waals surface area contributed by atoms with Gasteiger partial charge in [-0.05, 0) is 56.2 Å². The number of carbonyl (C=O) groups is 1. The molecule has 0 radical (unpaired) electrons. The Morgan fingerprint density at radius 1 is 1.11 bits per heavy atom. The number of nitrogens with zero attached hydrogens (tertiary/aromatic N) is 1. The summed E-state index contributed by atoms with van der Waals surface area (Å²) in [6.45, 7) is 7.21. The van der Waals surface area contributed by atoms with Gasteiger partial charge in [-0.15, -0.1) is 11.8 Å². The minimum atomic E-state index is -0.148. The molecule has 5 nitrogen and oxygen atoms in total. The molecule has 0 aliphatic heterocycles. The van der Waals surface area contributed by atoms with Crippen LogP contribution >= 0.6 is 11.8 Å². The van der Waals surface area contributed by atoms with Gasteiger partial charge in [0.2, 0.25) is 5.91 Å². The Hall–Kier alpha value is -2.47. The van der Waals surface area contributed by atoms with Crippen molar-refractivity contribution < 1.29 is 14.3 Å². The Morgan fingerprint density at radius 2 is 1.89 bits per heavy atom. The number of rotatable bonds is 10. The van der Waals surface area contributed by atoms with E-state index in [1.807, 2.05) is 56.3 Å². The monoisotopic (exact) mass is 386 g/mol. The average Bonchev–Trinajstić information content (AvgIpc) is 2.67. The van der Waals surface area contributed by atoms with E-state index >= 15 is 0 Å². The van der Waals surface area contributed by atoms with Crippen molar-refractivity contribution in [3.8, 4) is 11.5 Å². The summed E-state index contributed by atoms with van der Waals surface area (Å²) in [7, 11) is 0. The van der Waals surface area contributed by atoms with E-state index in [0.29, 0.717) is 24.7 Å². The molecule has 0 unspecified atom stereocenters. The van der Waals surface area contributed by atoms with Crippen molar-refractivity contribution >= 4 is 23.9 Å². The van der Waals surface area contributed by atoms with Crippen LogP contribution in [0.3, 0.4) is 0 Å². The summed E-state index contributed by atoms with van der Waals surface area (Å²) < 4.78 is 11.3. The van der Waals surface area contributed by atoms with E-state index in [1.165, 1.54) is 17.3 Å². The maximum atomic E-state index is 11.9. The lowest BCUT2D eigenvalue weighted by Gasteiger charge is -2.11. The van der Waals surface area contributed by atoms with Crippen molar-refractivity contribution in [3.63, 3.8) is 0 Å². The number of hydrazone groups is 1. The predicted octanol–water partition coefficient (Wildman–Crippen LogP) is 4.42. The molecule has 0 saturated carbocycles. The predicted molar refractivity (Wildman–Crippen MR) is 111 cm³/mol. The third-order valence-corrected chi connectivity index (χ3v) is 4.54. The van der Waals surface area contributed by atoms with Gasteiger partial charge in [-0.25, -0.2) is 5.43 Å². The standard InChI is InChI=1S/C21H26N2O3S/c1-4-12-26-19-11-8-17(13-20(19)25-5-2)14-22-23-21(24)15-27-18-9-6-16(3)7-10-18/h6-11,13-14H,4-5,12,15H2,1-3H3,(H,23,24)/b22-14+. The zero-order valence-corrected chi connectivity index (χ0v) is 16.8. The fourth-order valence-electron chi connectivity index (χ4n) is 2.20. The molecular weight excluding hydrogens is 360 g/mol. The van der Waals surface area contributed by atoms with Gasteiger partial charge in [0.15, 0.2) is 11.5 Å². The van der Waals surface area contributed by atoms with E-state index in [9.17, 15) is 4.79 Å². The summed E-state index contributed by atoms with van der Waals surface area (Å²) in [4.78, 5) is 13.0. The first-order valence-electron chi connectivity index (χ1n) is 9.03. The topological polar surface area (TPSA) is 59.9 Å². The van der Waals surface area contributed by atoms with Gasteiger partial charge in [0.05, 0.1) is 25.2 Å². The number of aryl methyl sites for hydroxylation is 1. The van der Waals surface area contributed by atoms with Crippen molar-refractivity contribution in [1.29, 1.82) is 0 Å². The lowest BCUT2D eigenvalue weighted by Crippen LogP contribution is -2.19. The first kappa shape index (κ1) is 20.8. The van der Waals surface area contributed by atoms with Gasteiger partial charge in [-0.2, -0.15) is 5.10 Å². The molecule has 2 aromatic rings. The van der Waals surface area contributed by atoms with Crippen LogP contribution in [0.2, 0.25) is 0 Å². The number of amides is 1. The number of hydrogen-bond donors (Lipinski definition) is 1. The van der Waals surface area contributed by atoms with Crippen molar-refractivity contribution in [2.24, 2.45) is 5.10 Å². The van der Waals surface area contributed by atoms with Crippen LogP contribution in [0.1, 0.15) is 31.4 Å². The Morgan fingerprint density at radius 3 is 2.59 bits per heavy atom. The number of thioether (sulfide) groups is 1.